The topological polar surface area (TPSA) is 74.6 Å². The average molecular weight is 498 g/mol. The minimum atomic E-state index is -4.11. The molecule has 0 aliphatic carbocycles. The van der Waals surface area contributed by atoms with E-state index < -0.39 is 15.3 Å². The fourth-order valence-electron chi connectivity index (χ4n) is 3.75. The van der Waals surface area contributed by atoms with Crippen LogP contribution in [0, 0.1) is 0 Å². The highest BCUT2D eigenvalue weighted by molar-refractivity contribution is 7.91. The maximum Gasteiger partial charge on any atom is 0.211 e. The van der Waals surface area contributed by atoms with E-state index in [0.717, 1.165) is 5.56 Å². The summed E-state index contributed by atoms with van der Waals surface area (Å²) in [5.41, 5.74) is 0.798. The summed E-state index contributed by atoms with van der Waals surface area (Å²) in [4.78, 5) is 13.1. The molecule has 0 fully saturated rings. The molecule has 1 aromatic heterocycles. The van der Waals surface area contributed by atoms with Gasteiger partial charge in [0.25, 0.3) is 0 Å². The van der Waals surface area contributed by atoms with Crippen LogP contribution in [0.25, 0.3) is 10.9 Å². The standard InChI is InChI=1S/C26H24ClNO5S/c1-3-32-19-9-12-21(13-10-19)34(30,31)25-17-28(16-18-7-5-6-8-23(18)27)24-14-11-20(33-4-2)15-22(24)26(25)29/h5-15,17H,3-4,16H2,1-2H3. The number of benzene rings is 3. The third-order valence-corrected chi connectivity index (χ3v) is 7.49. The van der Waals surface area contributed by atoms with Crippen LogP contribution < -0.4 is 14.9 Å². The maximum atomic E-state index is 13.5. The number of pyridine rings is 1. The van der Waals surface area contributed by atoms with Crippen molar-refractivity contribution in [1.82, 2.24) is 4.57 Å². The predicted molar refractivity (Wildman–Crippen MR) is 133 cm³/mol. The Balaban J connectivity index is 1.92. The first kappa shape index (κ1) is 23.9. The molecule has 0 spiro atoms. The number of aromatic nitrogens is 1. The molecular formula is C26H24ClNO5S. The number of ether oxygens (including phenoxy) is 2. The monoisotopic (exact) mass is 497 g/mol. The minimum Gasteiger partial charge on any atom is -0.494 e. The smallest absolute Gasteiger partial charge is 0.211 e. The van der Waals surface area contributed by atoms with Gasteiger partial charge in [-0.25, -0.2) is 8.42 Å². The van der Waals surface area contributed by atoms with Gasteiger partial charge in [0.1, 0.15) is 16.4 Å². The third kappa shape index (κ3) is 4.67. The Bertz CT molecular complexity index is 1490. The average Bonchev–Trinajstić information content (AvgIpc) is 2.83. The van der Waals surface area contributed by atoms with Gasteiger partial charge in [-0.2, -0.15) is 0 Å². The first-order valence-electron chi connectivity index (χ1n) is 10.9. The fourth-order valence-corrected chi connectivity index (χ4v) is 5.31. The third-order valence-electron chi connectivity index (χ3n) is 5.36. The summed E-state index contributed by atoms with van der Waals surface area (Å²) in [5, 5.41) is 0.807. The number of rotatable bonds is 8. The molecule has 0 bridgehead atoms. The second-order valence-corrected chi connectivity index (χ2v) is 9.89. The van der Waals surface area contributed by atoms with Crippen molar-refractivity contribution < 1.29 is 17.9 Å². The van der Waals surface area contributed by atoms with Gasteiger partial charge in [0.15, 0.2) is 0 Å². The molecule has 0 radical (unpaired) electrons. The van der Waals surface area contributed by atoms with Crippen LogP contribution in [0.2, 0.25) is 5.02 Å². The molecule has 0 unspecified atom stereocenters. The van der Waals surface area contributed by atoms with Crippen LogP contribution in [0.5, 0.6) is 11.5 Å². The van der Waals surface area contributed by atoms with Gasteiger partial charge in [0, 0.05) is 17.8 Å². The lowest BCUT2D eigenvalue weighted by Gasteiger charge is -2.16. The van der Waals surface area contributed by atoms with E-state index in [1.54, 1.807) is 41.0 Å². The zero-order valence-corrected chi connectivity index (χ0v) is 20.4. The summed E-state index contributed by atoms with van der Waals surface area (Å²) < 4.78 is 39.8. The minimum absolute atomic E-state index is 0.0117. The SMILES string of the molecule is CCOc1ccc(S(=O)(=O)c2cn(Cc3ccccc3Cl)c3ccc(OCC)cc3c2=O)cc1. The van der Waals surface area contributed by atoms with Gasteiger partial charge in [-0.3, -0.25) is 4.79 Å². The van der Waals surface area contributed by atoms with Crippen molar-refractivity contribution >= 4 is 32.3 Å². The Hall–Kier alpha value is -3.29. The summed E-state index contributed by atoms with van der Waals surface area (Å²) in [5.74, 6) is 1.05. The molecule has 176 valence electrons. The highest BCUT2D eigenvalue weighted by Gasteiger charge is 2.24. The van der Waals surface area contributed by atoms with Crippen molar-refractivity contribution in [3.63, 3.8) is 0 Å². The molecule has 0 N–H and O–H groups in total. The highest BCUT2D eigenvalue weighted by atomic mass is 35.5. The van der Waals surface area contributed by atoms with Gasteiger partial charge in [-0.1, -0.05) is 29.8 Å². The summed E-state index contributed by atoms with van der Waals surface area (Å²) in [6.07, 6.45) is 1.39. The lowest BCUT2D eigenvalue weighted by molar-refractivity contribution is 0.340. The zero-order chi connectivity index (χ0) is 24.3. The van der Waals surface area contributed by atoms with E-state index in [1.807, 2.05) is 32.0 Å². The number of sulfone groups is 1. The number of hydrogen-bond acceptors (Lipinski definition) is 5. The lowest BCUT2D eigenvalue weighted by Crippen LogP contribution is -2.20. The zero-order valence-electron chi connectivity index (χ0n) is 18.8. The van der Waals surface area contributed by atoms with Crippen LogP contribution >= 0.6 is 11.6 Å². The predicted octanol–water partition coefficient (Wildman–Crippen LogP) is 5.33. The van der Waals surface area contributed by atoms with E-state index in [-0.39, 0.29) is 21.7 Å². The van der Waals surface area contributed by atoms with E-state index in [1.165, 1.54) is 18.3 Å². The first-order chi connectivity index (χ1) is 16.3. The number of halogens is 1. The van der Waals surface area contributed by atoms with E-state index in [9.17, 15) is 13.2 Å². The maximum absolute atomic E-state index is 13.5. The summed E-state index contributed by atoms with van der Waals surface area (Å²) in [6.45, 7) is 4.86. The van der Waals surface area contributed by atoms with Gasteiger partial charge in [-0.15, -0.1) is 0 Å². The van der Waals surface area contributed by atoms with Gasteiger partial charge in [-0.05, 0) is 67.9 Å². The molecule has 1 heterocycles. The van der Waals surface area contributed by atoms with Crippen molar-refractivity contribution in [1.29, 1.82) is 0 Å². The molecule has 6 nitrogen and oxygen atoms in total. The molecule has 8 heteroatoms. The number of fused-ring (bicyclic) bond motifs is 1. The summed E-state index contributed by atoms with van der Waals surface area (Å²) in [6, 6.07) is 18.5. The first-order valence-corrected chi connectivity index (χ1v) is 12.7. The molecule has 0 atom stereocenters. The van der Waals surface area contributed by atoms with Gasteiger partial charge < -0.3 is 14.0 Å². The molecule has 3 aromatic carbocycles. The van der Waals surface area contributed by atoms with Gasteiger partial charge in [0.2, 0.25) is 15.3 Å². The van der Waals surface area contributed by atoms with Gasteiger partial charge >= 0.3 is 0 Å². The number of nitrogens with zero attached hydrogens (tertiary/aromatic N) is 1. The van der Waals surface area contributed by atoms with Crippen LogP contribution in [0.4, 0.5) is 0 Å². The van der Waals surface area contributed by atoms with Crippen LogP contribution in [-0.2, 0) is 16.4 Å². The van der Waals surface area contributed by atoms with Crippen molar-refractivity contribution in [2.45, 2.75) is 30.2 Å². The van der Waals surface area contributed by atoms with Gasteiger partial charge in [0.05, 0.1) is 29.0 Å². The fraction of sp³-hybridized carbons (Fsp3) is 0.192. The van der Waals surface area contributed by atoms with E-state index in [0.29, 0.717) is 35.3 Å². The van der Waals surface area contributed by atoms with Crippen LogP contribution in [0.3, 0.4) is 0 Å². The van der Waals surface area contributed by atoms with Crippen LogP contribution in [0.15, 0.2) is 87.5 Å². The van der Waals surface area contributed by atoms with Crippen molar-refractivity contribution in [2.24, 2.45) is 0 Å². The molecule has 0 aliphatic heterocycles. The van der Waals surface area contributed by atoms with E-state index >= 15 is 0 Å². The lowest BCUT2D eigenvalue weighted by atomic mass is 10.1. The summed E-state index contributed by atoms with van der Waals surface area (Å²) in [7, 11) is -4.11. The molecule has 0 saturated carbocycles. The van der Waals surface area contributed by atoms with Crippen LogP contribution in [0.1, 0.15) is 19.4 Å². The Kier molecular flexibility index (Phi) is 6.95. The Morgan fingerprint density at radius 3 is 2.21 bits per heavy atom. The summed E-state index contributed by atoms with van der Waals surface area (Å²) >= 11 is 6.36. The largest absolute Gasteiger partial charge is 0.494 e. The Morgan fingerprint density at radius 2 is 1.53 bits per heavy atom. The van der Waals surface area contributed by atoms with Crippen molar-refractivity contribution in [3.8, 4) is 11.5 Å². The molecule has 0 aliphatic rings. The molecule has 0 saturated heterocycles. The quantitative estimate of drug-likeness (QED) is 0.329. The highest BCUT2D eigenvalue weighted by Crippen LogP contribution is 2.27. The molecular weight excluding hydrogens is 474 g/mol. The second-order valence-electron chi connectivity index (χ2n) is 7.56. The Morgan fingerprint density at radius 1 is 0.882 bits per heavy atom. The Labute approximate surface area is 203 Å². The number of hydrogen-bond donors (Lipinski definition) is 0. The molecule has 4 rings (SSSR count). The van der Waals surface area contributed by atoms with Crippen molar-refractivity contribution in [2.75, 3.05) is 13.2 Å². The second kappa shape index (κ2) is 9.91. The van der Waals surface area contributed by atoms with Crippen LogP contribution in [-0.4, -0.2) is 26.2 Å². The normalized spacial score (nSPS) is 11.5. The van der Waals surface area contributed by atoms with E-state index in [4.69, 9.17) is 21.1 Å². The molecule has 0 amide bonds. The van der Waals surface area contributed by atoms with Crippen molar-refractivity contribution in [3.05, 3.63) is 93.7 Å². The van der Waals surface area contributed by atoms with E-state index in [2.05, 4.69) is 0 Å². The molecule has 34 heavy (non-hydrogen) atoms. The molecule has 4 aromatic rings.